The number of hydrogen-bond donors (Lipinski definition) is 4. The van der Waals surface area contributed by atoms with Gasteiger partial charge in [0.05, 0.1) is 12.4 Å². The number of guanidine groups is 1. The molecule has 0 bridgehead atoms. The van der Waals surface area contributed by atoms with Crippen LogP contribution in [0.3, 0.4) is 0 Å². The van der Waals surface area contributed by atoms with Crippen molar-refractivity contribution in [3.05, 3.63) is 29.8 Å². The predicted octanol–water partition coefficient (Wildman–Crippen LogP) is 1.22. The molecule has 0 radical (unpaired) electrons. The number of unbranched alkanes of at least 4 members (excludes halogenated alkanes) is 3. The van der Waals surface area contributed by atoms with Gasteiger partial charge >= 0.3 is 5.97 Å². The van der Waals surface area contributed by atoms with Crippen LogP contribution in [0.15, 0.2) is 29.3 Å². The monoisotopic (exact) mass is 428 g/mol. The van der Waals surface area contributed by atoms with Crippen LogP contribution in [-0.4, -0.2) is 50.4 Å². The minimum absolute atomic E-state index is 0.0567. The van der Waals surface area contributed by atoms with Crippen molar-refractivity contribution in [3.63, 3.8) is 0 Å². The van der Waals surface area contributed by atoms with Crippen molar-refractivity contribution in [2.45, 2.75) is 51.5 Å². The third-order valence-corrected chi connectivity index (χ3v) is 5.59. The Morgan fingerprint density at radius 3 is 2.45 bits per heavy atom. The third kappa shape index (κ3) is 11.3. The molecule has 0 unspecified atom stereocenters. The van der Waals surface area contributed by atoms with Gasteiger partial charge in [-0.05, 0) is 43.4 Å². The van der Waals surface area contributed by atoms with E-state index in [1.165, 1.54) is 0 Å². The minimum atomic E-state index is -3.63. The molecule has 0 saturated carbocycles. The van der Waals surface area contributed by atoms with Gasteiger partial charge in [-0.25, -0.2) is 13.1 Å². The second-order valence-corrected chi connectivity index (χ2v) is 8.62. The van der Waals surface area contributed by atoms with Gasteiger partial charge in [0.2, 0.25) is 10.0 Å². The summed E-state index contributed by atoms with van der Waals surface area (Å²) in [6, 6.07) is 5.73. The largest absolute Gasteiger partial charge is 0.494 e. The lowest BCUT2D eigenvalue weighted by atomic mass is 10.1. The molecule has 1 atom stereocenters. The molecular weight excluding hydrogens is 396 g/mol. The molecule has 0 heterocycles. The standard InChI is InChI=1S/C19H32N4O5S/c1-2-3-6-13-29(26,27)23-17(18(24)25)14-15-7-9-16(10-8-15)28-12-5-4-11-22-19(20)21/h7-10,17,23H,2-6,11-14H2,1H3,(H,24,25)(H4,20,21,22)/t17-/m0/s1. The van der Waals surface area contributed by atoms with Gasteiger partial charge in [-0.2, -0.15) is 0 Å². The average molecular weight is 429 g/mol. The number of aliphatic carboxylic acids is 1. The number of nitrogens with two attached hydrogens (primary N) is 2. The number of nitrogens with zero attached hydrogens (tertiary/aromatic N) is 1. The zero-order chi connectivity index (χ0) is 21.7. The topological polar surface area (TPSA) is 157 Å². The smallest absolute Gasteiger partial charge is 0.322 e. The average Bonchev–Trinajstić information content (AvgIpc) is 2.65. The highest BCUT2D eigenvalue weighted by molar-refractivity contribution is 7.89. The van der Waals surface area contributed by atoms with Crippen molar-refractivity contribution in [1.29, 1.82) is 0 Å². The molecular formula is C19H32N4O5S. The SMILES string of the molecule is CCCCCS(=O)(=O)N[C@@H](Cc1ccc(OCCCCN=C(N)N)cc1)C(=O)O. The summed E-state index contributed by atoms with van der Waals surface area (Å²) in [5.74, 6) is -0.544. The normalized spacial score (nSPS) is 12.3. The van der Waals surface area contributed by atoms with E-state index in [2.05, 4.69) is 9.71 Å². The first kappa shape index (κ1) is 24.7. The highest BCUT2D eigenvalue weighted by Gasteiger charge is 2.24. The Morgan fingerprint density at radius 1 is 1.17 bits per heavy atom. The lowest BCUT2D eigenvalue weighted by Crippen LogP contribution is -2.43. The van der Waals surface area contributed by atoms with Gasteiger partial charge in [0, 0.05) is 6.54 Å². The maximum Gasteiger partial charge on any atom is 0.322 e. The molecule has 1 aromatic carbocycles. The van der Waals surface area contributed by atoms with Crippen LogP contribution in [-0.2, 0) is 21.2 Å². The summed E-state index contributed by atoms with van der Waals surface area (Å²) in [6.07, 6.45) is 3.84. The second kappa shape index (κ2) is 13.0. The molecule has 0 saturated heterocycles. The minimum Gasteiger partial charge on any atom is -0.494 e. The number of rotatable bonds is 15. The van der Waals surface area contributed by atoms with E-state index in [1.54, 1.807) is 24.3 Å². The van der Waals surface area contributed by atoms with E-state index < -0.39 is 22.0 Å². The fourth-order valence-corrected chi connectivity index (χ4v) is 3.89. The highest BCUT2D eigenvalue weighted by Crippen LogP contribution is 2.14. The van der Waals surface area contributed by atoms with Crippen LogP contribution in [0.25, 0.3) is 0 Å². The van der Waals surface area contributed by atoms with Crippen molar-refractivity contribution in [1.82, 2.24) is 4.72 Å². The summed E-state index contributed by atoms with van der Waals surface area (Å²) < 4.78 is 32.1. The summed E-state index contributed by atoms with van der Waals surface area (Å²) in [5, 5.41) is 9.37. The Morgan fingerprint density at radius 2 is 1.86 bits per heavy atom. The van der Waals surface area contributed by atoms with Crippen molar-refractivity contribution in [3.8, 4) is 5.75 Å². The van der Waals surface area contributed by atoms with Gasteiger partial charge in [-0.1, -0.05) is 31.9 Å². The first-order chi connectivity index (χ1) is 13.7. The molecule has 0 fully saturated rings. The number of sulfonamides is 1. The number of ether oxygens (including phenoxy) is 1. The summed E-state index contributed by atoms with van der Waals surface area (Å²) in [5.41, 5.74) is 11.2. The predicted molar refractivity (Wildman–Crippen MR) is 113 cm³/mol. The Kier molecular flexibility index (Phi) is 11.1. The van der Waals surface area contributed by atoms with Crippen molar-refractivity contribution in [2.24, 2.45) is 16.5 Å². The molecule has 0 aromatic heterocycles. The van der Waals surface area contributed by atoms with Crippen molar-refractivity contribution < 1.29 is 23.1 Å². The fourth-order valence-electron chi connectivity index (χ4n) is 2.57. The molecule has 1 aromatic rings. The molecule has 29 heavy (non-hydrogen) atoms. The van der Waals surface area contributed by atoms with Gasteiger partial charge in [-0.15, -0.1) is 0 Å². The van der Waals surface area contributed by atoms with Crippen LogP contribution in [0, 0.1) is 0 Å². The van der Waals surface area contributed by atoms with E-state index in [-0.39, 0.29) is 18.1 Å². The lowest BCUT2D eigenvalue weighted by Gasteiger charge is -2.15. The molecule has 0 amide bonds. The van der Waals surface area contributed by atoms with Gasteiger partial charge < -0.3 is 21.3 Å². The molecule has 0 aliphatic heterocycles. The van der Waals surface area contributed by atoms with Crippen LogP contribution >= 0.6 is 0 Å². The Hall–Kier alpha value is -2.33. The number of hydrogen-bond acceptors (Lipinski definition) is 5. The number of carboxylic acid groups (broad SMARTS) is 1. The zero-order valence-corrected chi connectivity index (χ0v) is 17.7. The van der Waals surface area contributed by atoms with Crippen molar-refractivity contribution >= 4 is 22.0 Å². The van der Waals surface area contributed by atoms with E-state index >= 15 is 0 Å². The third-order valence-electron chi connectivity index (χ3n) is 4.12. The van der Waals surface area contributed by atoms with E-state index in [0.717, 1.165) is 25.7 Å². The Labute approximate surface area is 172 Å². The van der Waals surface area contributed by atoms with E-state index in [0.29, 0.717) is 30.9 Å². The number of aliphatic imine (C=N–C) groups is 1. The van der Waals surface area contributed by atoms with E-state index in [4.69, 9.17) is 16.2 Å². The maximum atomic E-state index is 12.1. The molecule has 9 nitrogen and oxygen atoms in total. The number of carbonyl (C=O) groups is 1. The molecule has 1 rings (SSSR count). The van der Waals surface area contributed by atoms with Crippen LogP contribution < -0.4 is 20.9 Å². The quantitative estimate of drug-likeness (QED) is 0.186. The number of carboxylic acids is 1. The van der Waals surface area contributed by atoms with Crippen LogP contribution in [0.1, 0.15) is 44.6 Å². The van der Waals surface area contributed by atoms with E-state index in [1.807, 2.05) is 6.92 Å². The maximum absolute atomic E-state index is 12.1. The Bertz CT molecular complexity index is 746. The zero-order valence-electron chi connectivity index (χ0n) is 16.8. The number of benzene rings is 1. The summed E-state index contributed by atoms with van der Waals surface area (Å²) in [7, 11) is -3.63. The molecule has 10 heteroatoms. The van der Waals surface area contributed by atoms with Gasteiger partial charge in [0.25, 0.3) is 0 Å². The van der Waals surface area contributed by atoms with Crippen LogP contribution in [0.5, 0.6) is 5.75 Å². The summed E-state index contributed by atoms with van der Waals surface area (Å²) in [4.78, 5) is 15.4. The van der Waals surface area contributed by atoms with Gasteiger partial charge in [0.15, 0.2) is 5.96 Å². The van der Waals surface area contributed by atoms with Gasteiger partial charge in [-0.3, -0.25) is 9.79 Å². The Balaban J connectivity index is 2.51. The fraction of sp³-hybridized carbons (Fsp3) is 0.579. The molecule has 164 valence electrons. The first-order valence-corrected chi connectivity index (χ1v) is 11.4. The summed E-state index contributed by atoms with van der Waals surface area (Å²) >= 11 is 0. The molecule has 0 aliphatic carbocycles. The first-order valence-electron chi connectivity index (χ1n) is 9.73. The molecule has 0 aliphatic rings. The van der Waals surface area contributed by atoms with E-state index in [9.17, 15) is 18.3 Å². The molecule has 6 N–H and O–H groups in total. The summed E-state index contributed by atoms with van der Waals surface area (Å²) in [6.45, 7) is 3.03. The lowest BCUT2D eigenvalue weighted by molar-refractivity contribution is -0.138. The van der Waals surface area contributed by atoms with Gasteiger partial charge in [0.1, 0.15) is 11.8 Å². The van der Waals surface area contributed by atoms with Crippen molar-refractivity contribution in [2.75, 3.05) is 18.9 Å². The highest BCUT2D eigenvalue weighted by atomic mass is 32.2. The van der Waals surface area contributed by atoms with Crippen LogP contribution in [0.4, 0.5) is 0 Å². The van der Waals surface area contributed by atoms with Crippen LogP contribution in [0.2, 0.25) is 0 Å². The number of nitrogens with one attached hydrogen (secondary N) is 1. The second-order valence-electron chi connectivity index (χ2n) is 6.74. The molecule has 0 spiro atoms.